The van der Waals surface area contributed by atoms with Crippen LogP contribution in [-0.2, 0) is 14.3 Å². The van der Waals surface area contributed by atoms with E-state index < -0.39 is 24.1 Å². The second-order valence-electron chi connectivity index (χ2n) is 7.00. The zero-order valence-corrected chi connectivity index (χ0v) is 15.8. The maximum absolute atomic E-state index is 12.2. The number of carbonyl (C=O) groups excluding carboxylic acids is 1. The number of aliphatic carboxylic acids is 2. The average molecular weight is 397 g/mol. The second kappa shape index (κ2) is 9.23. The van der Waals surface area contributed by atoms with E-state index in [-0.39, 0.29) is 25.4 Å². The highest BCUT2D eigenvalue weighted by Crippen LogP contribution is 2.44. The summed E-state index contributed by atoms with van der Waals surface area (Å²) in [6.07, 6.45) is 0.0557. The van der Waals surface area contributed by atoms with E-state index in [1.807, 2.05) is 48.5 Å². The lowest BCUT2D eigenvalue weighted by Crippen LogP contribution is -2.41. The third kappa shape index (κ3) is 4.93. The number of hydrogen-bond donors (Lipinski definition) is 3. The number of nitrogens with one attached hydrogen (secondary N) is 1. The predicted octanol–water partition coefficient (Wildman–Crippen LogP) is 3.62. The lowest BCUT2D eigenvalue weighted by atomic mass is 9.98. The third-order valence-electron chi connectivity index (χ3n) is 5.07. The number of hydrogen-bond acceptors (Lipinski definition) is 4. The Hall–Kier alpha value is -3.35. The van der Waals surface area contributed by atoms with Crippen molar-refractivity contribution in [2.24, 2.45) is 0 Å². The number of carboxylic acid groups (broad SMARTS) is 2. The molecule has 2 aromatic carbocycles. The Labute approximate surface area is 168 Å². The number of carboxylic acids is 2. The molecule has 0 saturated carbocycles. The van der Waals surface area contributed by atoms with Crippen molar-refractivity contribution in [1.29, 1.82) is 0 Å². The number of benzene rings is 2. The second-order valence-corrected chi connectivity index (χ2v) is 7.00. The van der Waals surface area contributed by atoms with Crippen molar-refractivity contribution in [2.45, 2.75) is 37.6 Å². The molecule has 0 bridgehead atoms. The van der Waals surface area contributed by atoms with Crippen LogP contribution in [0.15, 0.2) is 48.5 Å². The highest BCUT2D eigenvalue weighted by molar-refractivity contribution is 5.81. The van der Waals surface area contributed by atoms with E-state index in [4.69, 9.17) is 9.84 Å². The summed E-state index contributed by atoms with van der Waals surface area (Å²) in [6, 6.07) is 14.8. The van der Waals surface area contributed by atoms with E-state index in [2.05, 4.69) is 5.32 Å². The molecule has 1 aliphatic rings. The molecule has 29 heavy (non-hydrogen) atoms. The van der Waals surface area contributed by atoms with E-state index in [0.29, 0.717) is 12.8 Å². The first-order chi connectivity index (χ1) is 14.0. The largest absolute Gasteiger partial charge is 0.481 e. The van der Waals surface area contributed by atoms with Gasteiger partial charge in [-0.3, -0.25) is 4.79 Å². The Kier molecular flexibility index (Phi) is 6.49. The van der Waals surface area contributed by atoms with Crippen LogP contribution in [0.4, 0.5) is 4.79 Å². The summed E-state index contributed by atoms with van der Waals surface area (Å²) in [7, 11) is 0. The van der Waals surface area contributed by atoms with Gasteiger partial charge in [-0.15, -0.1) is 0 Å². The summed E-state index contributed by atoms with van der Waals surface area (Å²) in [6.45, 7) is 0.102. The highest BCUT2D eigenvalue weighted by atomic mass is 16.5. The molecule has 0 aromatic heterocycles. The van der Waals surface area contributed by atoms with Crippen molar-refractivity contribution in [2.75, 3.05) is 6.61 Å². The maximum atomic E-state index is 12.2. The Morgan fingerprint density at radius 1 is 0.931 bits per heavy atom. The van der Waals surface area contributed by atoms with Crippen LogP contribution in [0.3, 0.4) is 0 Å². The van der Waals surface area contributed by atoms with Crippen LogP contribution in [0.25, 0.3) is 11.1 Å². The van der Waals surface area contributed by atoms with Gasteiger partial charge in [0.05, 0.1) is 0 Å². The van der Waals surface area contributed by atoms with Gasteiger partial charge in [-0.25, -0.2) is 9.59 Å². The molecule has 152 valence electrons. The molecule has 0 spiro atoms. The van der Waals surface area contributed by atoms with Crippen molar-refractivity contribution in [3.63, 3.8) is 0 Å². The molecule has 1 atom stereocenters. The molecule has 3 N–H and O–H groups in total. The number of amides is 1. The fourth-order valence-corrected chi connectivity index (χ4v) is 3.66. The Bertz CT molecular complexity index is 864. The smallest absolute Gasteiger partial charge is 0.407 e. The fourth-order valence-electron chi connectivity index (χ4n) is 3.66. The molecular weight excluding hydrogens is 374 g/mol. The summed E-state index contributed by atoms with van der Waals surface area (Å²) in [4.78, 5) is 34.1. The van der Waals surface area contributed by atoms with Crippen LogP contribution in [-0.4, -0.2) is 40.9 Å². The Morgan fingerprint density at radius 3 is 2.07 bits per heavy atom. The lowest BCUT2D eigenvalue weighted by Gasteiger charge is -2.17. The standard InChI is InChI=1S/C22H23NO6/c24-20(25)12-6-5-11-19(21(26)27)23-22(28)29-13-18-16-9-3-1-7-14(16)15-8-2-4-10-17(15)18/h1-4,7-10,18-19H,5-6,11-13H2,(H,23,28)(H,24,25)(H,26,27)/t19-/m0/s1. The molecule has 0 radical (unpaired) electrons. The van der Waals surface area contributed by atoms with Gasteiger partial charge in [0.25, 0.3) is 0 Å². The molecule has 7 heteroatoms. The van der Waals surface area contributed by atoms with Gasteiger partial charge in [-0.2, -0.15) is 0 Å². The van der Waals surface area contributed by atoms with Crippen LogP contribution in [0.2, 0.25) is 0 Å². The molecule has 0 unspecified atom stereocenters. The minimum absolute atomic E-state index is 0.0305. The SMILES string of the molecule is O=C(O)CCCC[C@H](NC(=O)OCC1c2ccccc2-c2ccccc21)C(=O)O. The fraction of sp³-hybridized carbons (Fsp3) is 0.318. The first-order valence-electron chi connectivity index (χ1n) is 9.53. The summed E-state index contributed by atoms with van der Waals surface area (Å²) in [5.74, 6) is -2.21. The van der Waals surface area contributed by atoms with Gasteiger partial charge in [0.15, 0.2) is 0 Å². The quantitative estimate of drug-likeness (QED) is 0.557. The van der Waals surface area contributed by atoms with E-state index in [1.165, 1.54) is 0 Å². The van der Waals surface area contributed by atoms with Crippen LogP contribution >= 0.6 is 0 Å². The molecule has 0 heterocycles. The third-order valence-corrected chi connectivity index (χ3v) is 5.07. The number of fused-ring (bicyclic) bond motifs is 3. The summed E-state index contributed by atoms with van der Waals surface area (Å²) < 4.78 is 5.36. The molecule has 2 aromatic rings. The molecule has 0 aliphatic heterocycles. The van der Waals surface area contributed by atoms with Gasteiger partial charge in [-0.1, -0.05) is 55.0 Å². The van der Waals surface area contributed by atoms with Gasteiger partial charge in [0, 0.05) is 12.3 Å². The number of carbonyl (C=O) groups is 3. The number of rotatable bonds is 9. The van der Waals surface area contributed by atoms with Crippen molar-refractivity contribution in [3.8, 4) is 11.1 Å². The van der Waals surface area contributed by atoms with Crippen LogP contribution in [0.5, 0.6) is 0 Å². The monoisotopic (exact) mass is 397 g/mol. The minimum Gasteiger partial charge on any atom is -0.481 e. The zero-order chi connectivity index (χ0) is 20.8. The number of alkyl carbamates (subject to hydrolysis) is 1. The highest BCUT2D eigenvalue weighted by Gasteiger charge is 2.29. The van der Waals surface area contributed by atoms with Crippen LogP contribution < -0.4 is 5.32 Å². The maximum Gasteiger partial charge on any atom is 0.407 e. The minimum atomic E-state index is -1.17. The molecular formula is C22H23NO6. The van der Waals surface area contributed by atoms with E-state index in [1.54, 1.807) is 0 Å². The van der Waals surface area contributed by atoms with Crippen molar-refractivity contribution in [3.05, 3.63) is 59.7 Å². The first-order valence-corrected chi connectivity index (χ1v) is 9.53. The molecule has 1 aliphatic carbocycles. The van der Waals surface area contributed by atoms with Crippen molar-refractivity contribution in [1.82, 2.24) is 5.32 Å². The number of unbranched alkanes of at least 4 members (excludes halogenated alkanes) is 1. The number of ether oxygens (including phenoxy) is 1. The van der Waals surface area contributed by atoms with E-state index in [0.717, 1.165) is 22.3 Å². The first kappa shape index (κ1) is 20.4. The van der Waals surface area contributed by atoms with Crippen LogP contribution in [0, 0.1) is 0 Å². The van der Waals surface area contributed by atoms with Gasteiger partial charge in [0.2, 0.25) is 0 Å². The molecule has 0 saturated heterocycles. The molecule has 0 fully saturated rings. The van der Waals surface area contributed by atoms with E-state index >= 15 is 0 Å². The normalized spacial score (nSPS) is 13.2. The summed E-state index contributed by atoms with van der Waals surface area (Å²) >= 11 is 0. The Balaban J connectivity index is 1.58. The van der Waals surface area contributed by atoms with Gasteiger partial charge in [-0.05, 0) is 35.1 Å². The molecule has 1 amide bonds. The van der Waals surface area contributed by atoms with Crippen LogP contribution in [0.1, 0.15) is 42.7 Å². The predicted molar refractivity (Wildman–Crippen MR) is 106 cm³/mol. The molecule has 3 rings (SSSR count). The molecule has 7 nitrogen and oxygen atoms in total. The van der Waals surface area contributed by atoms with Gasteiger partial charge in [0.1, 0.15) is 12.6 Å². The van der Waals surface area contributed by atoms with Gasteiger partial charge < -0.3 is 20.3 Å². The lowest BCUT2D eigenvalue weighted by molar-refractivity contribution is -0.139. The zero-order valence-electron chi connectivity index (χ0n) is 15.8. The topological polar surface area (TPSA) is 113 Å². The van der Waals surface area contributed by atoms with E-state index in [9.17, 15) is 19.5 Å². The van der Waals surface area contributed by atoms with Crippen molar-refractivity contribution >= 4 is 18.0 Å². The summed E-state index contributed by atoms with van der Waals surface area (Å²) in [5, 5.41) is 20.3. The van der Waals surface area contributed by atoms with Gasteiger partial charge >= 0.3 is 18.0 Å². The summed E-state index contributed by atoms with van der Waals surface area (Å²) in [5.41, 5.74) is 4.37. The Morgan fingerprint density at radius 2 is 1.52 bits per heavy atom. The van der Waals surface area contributed by atoms with Crippen molar-refractivity contribution < 1.29 is 29.3 Å². The average Bonchev–Trinajstić information content (AvgIpc) is 3.02.